The van der Waals surface area contributed by atoms with E-state index in [1.165, 1.54) is 18.2 Å². The molecule has 2 aromatic carbocycles. The molecule has 6 nitrogen and oxygen atoms in total. The lowest BCUT2D eigenvalue weighted by molar-refractivity contribution is -0.274. The molecule has 1 unspecified atom stereocenters. The number of halogens is 3. The van der Waals surface area contributed by atoms with Gasteiger partial charge in [0.15, 0.2) is 11.5 Å². The number of ketones is 1. The largest absolute Gasteiger partial charge is 0.573 e. The molecule has 3 aromatic rings. The van der Waals surface area contributed by atoms with E-state index in [9.17, 15) is 27.9 Å². The molecule has 188 valence electrons. The SMILES string of the molecule is Cc1ccc(-c2ccc(N3C(=O)C(O)=C(C(=O)CC(C)C)C3c3ccccc3OC(F)(F)F)cc2)o1. The lowest BCUT2D eigenvalue weighted by Gasteiger charge is -2.28. The maximum atomic E-state index is 13.2. The first-order chi connectivity index (χ1) is 17.0. The average molecular weight is 499 g/mol. The molecule has 0 fully saturated rings. The molecule has 1 aliphatic heterocycles. The Morgan fingerprint density at radius 3 is 2.33 bits per heavy atom. The molecule has 1 atom stereocenters. The van der Waals surface area contributed by atoms with Gasteiger partial charge in [-0.3, -0.25) is 14.5 Å². The monoisotopic (exact) mass is 499 g/mol. The van der Waals surface area contributed by atoms with Crippen molar-refractivity contribution in [2.24, 2.45) is 5.92 Å². The summed E-state index contributed by atoms with van der Waals surface area (Å²) in [4.78, 5) is 27.5. The molecule has 1 aromatic heterocycles. The molecule has 0 spiro atoms. The number of furan rings is 1. The number of carbonyl (C=O) groups is 2. The topological polar surface area (TPSA) is 80.0 Å². The van der Waals surface area contributed by atoms with Crippen LogP contribution in [0.2, 0.25) is 0 Å². The van der Waals surface area contributed by atoms with Crippen LogP contribution in [-0.4, -0.2) is 23.2 Å². The van der Waals surface area contributed by atoms with Crippen molar-refractivity contribution in [1.82, 2.24) is 0 Å². The minimum atomic E-state index is -5.00. The summed E-state index contributed by atoms with van der Waals surface area (Å²) in [6, 6.07) is 14.1. The molecule has 0 aliphatic carbocycles. The number of hydrogen-bond donors (Lipinski definition) is 1. The van der Waals surface area contributed by atoms with Gasteiger partial charge >= 0.3 is 6.36 Å². The first-order valence-electron chi connectivity index (χ1n) is 11.3. The summed E-state index contributed by atoms with van der Waals surface area (Å²) >= 11 is 0. The fourth-order valence-electron chi connectivity index (χ4n) is 4.23. The molecular weight excluding hydrogens is 475 g/mol. The van der Waals surface area contributed by atoms with Crippen LogP contribution in [0.4, 0.5) is 18.9 Å². The van der Waals surface area contributed by atoms with E-state index in [4.69, 9.17) is 4.42 Å². The van der Waals surface area contributed by atoms with E-state index in [0.29, 0.717) is 17.1 Å². The molecule has 36 heavy (non-hydrogen) atoms. The molecule has 1 amide bonds. The summed E-state index contributed by atoms with van der Waals surface area (Å²) in [5, 5.41) is 10.8. The minimum Gasteiger partial charge on any atom is -0.503 e. The van der Waals surface area contributed by atoms with Crippen LogP contribution >= 0.6 is 0 Å². The van der Waals surface area contributed by atoms with Crippen molar-refractivity contribution < 1.29 is 37.0 Å². The molecule has 2 heterocycles. The third-order valence-electron chi connectivity index (χ3n) is 5.71. The summed E-state index contributed by atoms with van der Waals surface area (Å²) in [7, 11) is 0. The van der Waals surface area contributed by atoms with Crippen molar-refractivity contribution in [1.29, 1.82) is 0 Å². The van der Waals surface area contributed by atoms with Gasteiger partial charge in [-0.1, -0.05) is 32.0 Å². The second kappa shape index (κ2) is 9.56. The molecule has 0 bridgehead atoms. The number of alkyl halides is 3. The Balaban J connectivity index is 1.83. The highest BCUT2D eigenvalue weighted by Gasteiger charge is 2.46. The van der Waals surface area contributed by atoms with Crippen molar-refractivity contribution in [2.75, 3.05) is 4.90 Å². The highest BCUT2D eigenvalue weighted by molar-refractivity contribution is 6.16. The van der Waals surface area contributed by atoms with E-state index >= 15 is 0 Å². The van der Waals surface area contributed by atoms with Gasteiger partial charge < -0.3 is 14.3 Å². The summed E-state index contributed by atoms with van der Waals surface area (Å²) < 4.78 is 49.4. The lowest BCUT2D eigenvalue weighted by atomic mass is 9.91. The van der Waals surface area contributed by atoms with Crippen LogP contribution in [0.3, 0.4) is 0 Å². The Morgan fingerprint density at radius 2 is 1.75 bits per heavy atom. The molecule has 4 rings (SSSR count). The number of carbonyl (C=O) groups excluding carboxylic acids is 2. The number of ether oxygens (including phenoxy) is 1. The Labute approximate surface area is 205 Å². The Hall–Kier alpha value is -4.01. The van der Waals surface area contributed by atoms with Gasteiger partial charge in [0.05, 0.1) is 11.6 Å². The molecule has 1 N–H and O–H groups in total. The third-order valence-corrected chi connectivity index (χ3v) is 5.71. The van der Waals surface area contributed by atoms with E-state index in [-0.39, 0.29) is 29.2 Å². The predicted molar refractivity (Wildman–Crippen MR) is 126 cm³/mol. The van der Waals surface area contributed by atoms with Crippen molar-refractivity contribution in [3.8, 4) is 17.1 Å². The van der Waals surface area contributed by atoms with Gasteiger partial charge in [0.1, 0.15) is 17.3 Å². The highest BCUT2D eigenvalue weighted by atomic mass is 19.4. The van der Waals surface area contributed by atoms with E-state index in [1.54, 1.807) is 57.2 Å². The van der Waals surface area contributed by atoms with Gasteiger partial charge in [0.25, 0.3) is 5.91 Å². The lowest BCUT2D eigenvalue weighted by Crippen LogP contribution is -2.32. The van der Waals surface area contributed by atoms with Crippen molar-refractivity contribution in [3.63, 3.8) is 0 Å². The predicted octanol–water partition coefficient (Wildman–Crippen LogP) is 6.67. The number of amides is 1. The summed E-state index contributed by atoms with van der Waals surface area (Å²) in [6.45, 7) is 5.37. The number of aliphatic hydroxyl groups is 1. The number of nitrogens with zero attached hydrogens (tertiary/aromatic N) is 1. The van der Waals surface area contributed by atoms with Crippen molar-refractivity contribution in [3.05, 3.63) is 83.3 Å². The number of anilines is 1. The van der Waals surface area contributed by atoms with Crippen molar-refractivity contribution >= 4 is 17.4 Å². The second-order valence-electron chi connectivity index (χ2n) is 8.90. The second-order valence-corrected chi connectivity index (χ2v) is 8.90. The smallest absolute Gasteiger partial charge is 0.503 e. The quantitative estimate of drug-likeness (QED) is 0.393. The summed E-state index contributed by atoms with van der Waals surface area (Å²) in [5.41, 5.74) is 0.643. The molecular formula is C27H24F3NO5. The first kappa shape index (κ1) is 25.1. The first-order valence-corrected chi connectivity index (χ1v) is 11.3. The Kier molecular flexibility index (Phi) is 6.67. The van der Waals surface area contributed by atoms with Crippen LogP contribution in [0.25, 0.3) is 11.3 Å². The highest BCUT2D eigenvalue weighted by Crippen LogP contribution is 2.45. The zero-order valence-corrected chi connectivity index (χ0v) is 19.8. The normalized spacial score (nSPS) is 16.2. The van der Waals surface area contributed by atoms with Crippen LogP contribution in [0.15, 0.2) is 76.4 Å². The van der Waals surface area contributed by atoms with Crippen LogP contribution in [0.1, 0.15) is 37.6 Å². The zero-order valence-electron chi connectivity index (χ0n) is 19.8. The Morgan fingerprint density at radius 1 is 1.08 bits per heavy atom. The number of hydrogen-bond acceptors (Lipinski definition) is 5. The van der Waals surface area contributed by atoms with Gasteiger partial charge in [0, 0.05) is 23.2 Å². The zero-order chi connectivity index (χ0) is 26.2. The number of rotatable bonds is 7. The molecule has 0 saturated heterocycles. The van der Waals surface area contributed by atoms with Gasteiger partial charge in [-0.05, 0) is 55.3 Å². The fourth-order valence-corrected chi connectivity index (χ4v) is 4.23. The van der Waals surface area contributed by atoms with E-state index in [2.05, 4.69) is 4.74 Å². The number of benzene rings is 2. The number of para-hydroxylation sites is 1. The average Bonchev–Trinajstić information content (AvgIpc) is 3.34. The Bertz CT molecular complexity index is 1320. The maximum absolute atomic E-state index is 13.2. The fraction of sp³-hybridized carbons (Fsp3) is 0.259. The summed E-state index contributed by atoms with van der Waals surface area (Å²) in [5.74, 6) is -1.59. The number of Topliss-reactive ketones (excluding diaryl/α,β-unsaturated/α-hetero) is 1. The summed E-state index contributed by atoms with van der Waals surface area (Å²) in [6.07, 6.45) is -5.00. The van der Waals surface area contributed by atoms with Gasteiger partial charge in [-0.25, -0.2) is 0 Å². The van der Waals surface area contributed by atoms with Gasteiger partial charge in [-0.2, -0.15) is 0 Å². The molecule has 9 heteroatoms. The minimum absolute atomic E-state index is 0.00388. The number of aryl methyl sites for hydroxylation is 1. The van der Waals surface area contributed by atoms with Crippen LogP contribution < -0.4 is 9.64 Å². The van der Waals surface area contributed by atoms with Crippen LogP contribution in [0.5, 0.6) is 5.75 Å². The van der Waals surface area contributed by atoms with E-state index < -0.39 is 35.6 Å². The third kappa shape index (κ3) is 5.00. The maximum Gasteiger partial charge on any atom is 0.573 e. The standard InChI is InChI=1S/C27H24F3NO5/c1-15(2)14-20(32)23-24(19-6-4-5-7-22(19)36-27(28,29)30)31(26(34)25(23)33)18-11-9-17(10-12-18)21-13-8-16(3)35-21/h4-13,15,24,33H,14H2,1-3H3. The van der Waals surface area contributed by atoms with Gasteiger partial charge in [-0.15, -0.1) is 13.2 Å². The van der Waals surface area contributed by atoms with E-state index in [1.807, 2.05) is 0 Å². The van der Waals surface area contributed by atoms with Crippen LogP contribution in [-0.2, 0) is 9.59 Å². The van der Waals surface area contributed by atoms with Crippen LogP contribution in [0, 0.1) is 12.8 Å². The number of aliphatic hydroxyl groups excluding tert-OH is 1. The molecule has 0 radical (unpaired) electrons. The molecule has 1 aliphatic rings. The van der Waals surface area contributed by atoms with E-state index in [0.717, 1.165) is 11.0 Å². The van der Waals surface area contributed by atoms with Gasteiger partial charge in [0.2, 0.25) is 0 Å². The van der Waals surface area contributed by atoms with Crippen molar-refractivity contribution in [2.45, 2.75) is 39.6 Å². The molecule has 0 saturated carbocycles.